The summed E-state index contributed by atoms with van der Waals surface area (Å²) in [6.07, 6.45) is 0. The Labute approximate surface area is 161 Å². The van der Waals surface area contributed by atoms with E-state index in [2.05, 4.69) is 25.9 Å². The number of nitrogens with one attached hydrogen (secondary N) is 1. The number of esters is 1. The first kappa shape index (κ1) is 18.2. The Morgan fingerprint density at radius 1 is 1.32 bits per heavy atom. The van der Waals surface area contributed by atoms with Gasteiger partial charge in [0.25, 0.3) is 5.56 Å². The van der Waals surface area contributed by atoms with Gasteiger partial charge in [-0.15, -0.1) is 23.1 Å². The number of hydrogen-bond acceptors (Lipinski definition) is 6. The van der Waals surface area contributed by atoms with Gasteiger partial charge in [0, 0.05) is 14.2 Å². The van der Waals surface area contributed by atoms with Crippen molar-refractivity contribution in [3.05, 3.63) is 55.4 Å². The minimum absolute atomic E-state index is 0.0408. The number of H-pyrrole nitrogens is 1. The lowest BCUT2D eigenvalue weighted by molar-refractivity contribution is -0.141. The summed E-state index contributed by atoms with van der Waals surface area (Å²) in [4.78, 5) is 33.9. The lowest BCUT2D eigenvalue weighted by Gasteiger charge is -2.05. The summed E-state index contributed by atoms with van der Waals surface area (Å²) in [5, 5.41) is 0.614. The van der Waals surface area contributed by atoms with Crippen molar-refractivity contribution in [3.63, 3.8) is 0 Å². The van der Waals surface area contributed by atoms with Gasteiger partial charge in [-0.2, -0.15) is 0 Å². The molecule has 0 spiro atoms. The molecule has 1 aromatic carbocycles. The van der Waals surface area contributed by atoms with Crippen LogP contribution >= 0.6 is 39.0 Å². The summed E-state index contributed by atoms with van der Waals surface area (Å²) in [6.45, 7) is 3.82. The molecule has 3 aromatic rings. The van der Waals surface area contributed by atoms with Gasteiger partial charge in [0.05, 0.1) is 11.1 Å². The molecule has 0 aliphatic heterocycles. The van der Waals surface area contributed by atoms with E-state index in [0.29, 0.717) is 16.0 Å². The summed E-state index contributed by atoms with van der Waals surface area (Å²) < 4.78 is 6.21. The van der Waals surface area contributed by atoms with Crippen LogP contribution in [0.25, 0.3) is 10.2 Å². The quantitative estimate of drug-likeness (QED) is 0.477. The monoisotopic (exact) mass is 438 g/mol. The molecule has 0 bridgehead atoms. The molecule has 0 amide bonds. The Hall–Kier alpha value is -1.64. The highest BCUT2D eigenvalue weighted by atomic mass is 79.9. The van der Waals surface area contributed by atoms with Crippen LogP contribution in [0.4, 0.5) is 0 Å². The van der Waals surface area contributed by atoms with Gasteiger partial charge in [-0.05, 0) is 43.7 Å². The van der Waals surface area contributed by atoms with Crippen LogP contribution in [0.5, 0.6) is 0 Å². The van der Waals surface area contributed by atoms with Crippen LogP contribution in [0, 0.1) is 13.8 Å². The van der Waals surface area contributed by atoms with Gasteiger partial charge in [0.2, 0.25) is 0 Å². The maximum atomic E-state index is 12.2. The number of rotatable bonds is 5. The minimum atomic E-state index is -0.353. The molecule has 8 heteroatoms. The van der Waals surface area contributed by atoms with Gasteiger partial charge in [0.15, 0.2) is 0 Å². The molecule has 1 N–H and O–H groups in total. The predicted molar refractivity (Wildman–Crippen MR) is 104 cm³/mol. The molecule has 2 aromatic heterocycles. The number of benzene rings is 1. The van der Waals surface area contributed by atoms with E-state index in [1.807, 2.05) is 38.1 Å². The highest BCUT2D eigenvalue weighted by molar-refractivity contribution is 9.10. The maximum Gasteiger partial charge on any atom is 0.316 e. The van der Waals surface area contributed by atoms with Crippen molar-refractivity contribution >= 4 is 55.2 Å². The summed E-state index contributed by atoms with van der Waals surface area (Å²) in [7, 11) is 0. The summed E-state index contributed by atoms with van der Waals surface area (Å²) in [5.41, 5.74) is 0.755. The van der Waals surface area contributed by atoms with Gasteiger partial charge >= 0.3 is 5.97 Å². The van der Waals surface area contributed by atoms with E-state index in [4.69, 9.17) is 4.74 Å². The van der Waals surface area contributed by atoms with Crippen molar-refractivity contribution in [2.45, 2.75) is 25.3 Å². The fourth-order valence-corrected chi connectivity index (χ4v) is 4.24. The molecule has 3 rings (SSSR count). The summed E-state index contributed by atoms with van der Waals surface area (Å²) in [6, 6.07) is 7.69. The van der Waals surface area contributed by atoms with E-state index in [1.165, 1.54) is 23.1 Å². The molecule has 0 fully saturated rings. The van der Waals surface area contributed by atoms with Crippen molar-refractivity contribution in [2.75, 3.05) is 5.75 Å². The molecule has 0 saturated heterocycles. The fourth-order valence-electron chi connectivity index (χ4n) is 2.23. The fraction of sp³-hybridized carbons (Fsp3) is 0.235. The van der Waals surface area contributed by atoms with E-state index in [9.17, 15) is 9.59 Å². The van der Waals surface area contributed by atoms with Crippen LogP contribution in [-0.4, -0.2) is 21.7 Å². The van der Waals surface area contributed by atoms with E-state index < -0.39 is 0 Å². The van der Waals surface area contributed by atoms with Crippen molar-refractivity contribution in [2.24, 2.45) is 0 Å². The zero-order valence-corrected chi connectivity index (χ0v) is 16.8. The molecular weight excluding hydrogens is 424 g/mol. The van der Waals surface area contributed by atoms with Gasteiger partial charge in [-0.1, -0.05) is 15.9 Å². The number of aryl methyl sites for hydroxylation is 2. The Morgan fingerprint density at radius 2 is 2.04 bits per heavy atom. The van der Waals surface area contributed by atoms with Crippen molar-refractivity contribution in [1.82, 2.24) is 9.97 Å². The minimum Gasteiger partial charge on any atom is -0.457 e. The molecular formula is C17H15BrN2O3S2. The number of hydrogen-bond donors (Lipinski definition) is 1. The van der Waals surface area contributed by atoms with E-state index in [0.717, 1.165) is 19.8 Å². The largest absolute Gasteiger partial charge is 0.457 e. The highest BCUT2D eigenvalue weighted by Gasteiger charge is 2.13. The Balaban J connectivity index is 1.61. The van der Waals surface area contributed by atoms with Crippen molar-refractivity contribution < 1.29 is 9.53 Å². The second-order valence-electron chi connectivity index (χ2n) is 5.38. The van der Waals surface area contributed by atoms with Gasteiger partial charge in [-0.25, -0.2) is 4.98 Å². The first-order valence-electron chi connectivity index (χ1n) is 7.47. The van der Waals surface area contributed by atoms with E-state index in [1.54, 1.807) is 0 Å². The van der Waals surface area contributed by atoms with Gasteiger partial charge in [0.1, 0.15) is 17.3 Å². The molecule has 130 valence electrons. The van der Waals surface area contributed by atoms with Crippen LogP contribution in [0.15, 0.2) is 38.4 Å². The Morgan fingerprint density at radius 3 is 2.76 bits per heavy atom. The van der Waals surface area contributed by atoms with E-state index in [-0.39, 0.29) is 23.9 Å². The molecule has 0 saturated carbocycles. The number of nitrogens with zero attached hydrogens (tertiary/aromatic N) is 1. The van der Waals surface area contributed by atoms with Crippen LogP contribution < -0.4 is 5.56 Å². The number of halogens is 1. The SMILES string of the molecule is Cc1sc2nc(COC(=O)CSc3ccc(Br)cc3)[nH]c(=O)c2c1C. The standard InChI is InChI=1S/C17H15BrN2O3S2/c1-9-10(2)25-17-15(9)16(22)19-13(20-17)7-23-14(21)8-24-12-5-3-11(18)4-6-12/h3-6H,7-8H2,1-2H3,(H,19,20,22). The number of fused-ring (bicyclic) bond motifs is 1. The number of aromatic amines is 1. The third-order valence-electron chi connectivity index (χ3n) is 3.63. The van der Waals surface area contributed by atoms with Crippen LogP contribution in [0.2, 0.25) is 0 Å². The third-order valence-corrected chi connectivity index (χ3v) is 6.24. The summed E-state index contributed by atoms with van der Waals surface area (Å²) >= 11 is 6.24. The summed E-state index contributed by atoms with van der Waals surface area (Å²) in [5.74, 6) is 0.209. The van der Waals surface area contributed by atoms with Crippen LogP contribution in [0.3, 0.4) is 0 Å². The molecule has 0 atom stereocenters. The number of thioether (sulfide) groups is 1. The third kappa shape index (κ3) is 4.31. The Kier molecular flexibility index (Phi) is 5.61. The van der Waals surface area contributed by atoms with Gasteiger partial charge < -0.3 is 9.72 Å². The number of aromatic nitrogens is 2. The van der Waals surface area contributed by atoms with E-state index >= 15 is 0 Å². The zero-order valence-electron chi connectivity index (χ0n) is 13.6. The number of ether oxygens (including phenoxy) is 1. The smallest absolute Gasteiger partial charge is 0.316 e. The normalized spacial score (nSPS) is 11.0. The lowest BCUT2D eigenvalue weighted by Crippen LogP contribution is -2.15. The lowest BCUT2D eigenvalue weighted by atomic mass is 10.2. The van der Waals surface area contributed by atoms with Crippen LogP contribution in [0.1, 0.15) is 16.3 Å². The number of carbonyl (C=O) groups excluding carboxylic acids is 1. The Bertz CT molecular complexity index is 980. The van der Waals surface area contributed by atoms with Crippen molar-refractivity contribution in [1.29, 1.82) is 0 Å². The van der Waals surface area contributed by atoms with Crippen molar-refractivity contribution in [3.8, 4) is 0 Å². The maximum absolute atomic E-state index is 12.2. The van der Waals surface area contributed by atoms with Gasteiger partial charge in [-0.3, -0.25) is 9.59 Å². The molecule has 0 aliphatic carbocycles. The number of carbonyl (C=O) groups is 1. The average Bonchev–Trinajstić information content (AvgIpc) is 2.87. The predicted octanol–water partition coefficient (Wildman–Crippen LogP) is 4.20. The van der Waals surface area contributed by atoms with Crippen LogP contribution in [-0.2, 0) is 16.1 Å². The molecule has 25 heavy (non-hydrogen) atoms. The molecule has 2 heterocycles. The molecule has 0 radical (unpaired) electrons. The molecule has 0 unspecified atom stereocenters. The molecule has 5 nitrogen and oxygen atoms in total. The first-order chi connectivity index (χ1) is 11.9. The first-order valence-corrected chi connectivity index (χ1v) is 10.1. The molecule has 0 aliphatic rings. The number of thiophene rings is 1. The topological polar surface area (TPSA) is 72.0 Å². The second-order valence-corrected chi connectivity index (χ2v) is 8.55. The average molecular weight is 439 g/mol. The highest BCUT2D eigenvalue weighted by Crippen LogP contribution is 2.25. The zero-order chi connectivity index (χ0) is 18.0. The second kappa shape index (κ2) is 7.72.